The Labute approximate surface area is 236 Å². The van der Waals surface area contributed by atoms with Crippen LogP contribution in [0, 0.1) is 0 Å². The fourth-order valence-electron chi connectivity index (χ4n) is 4.80. The van der Waals surface area contributed by atoms with E-state index in [9.17, 15) is 9.90 Å². The Morgan fingerprint density at radius 2 is 1.21 bits per heavy atom. The van der Waals surface area contributed by atoms with Gasteiger partial charge in [0, 0.05) is 23.5 Å². The molecule has 6 heteroatoms. The number of carbonyl (C=O) groups is 1. The number of rotatable bonds is 8. The molecule has 5 aromatic rings. The van der Waals surface area contributed by atoms with Crippen LogP contribution < -0.4 is 5.32 Å². The molecule has 0 aliphatic carbocycles. The lowest BCUT2D eigenvalue weighted by Crippen LogP contribution is -2.53. The highest BCUT2D eigenvalue weighted by atomic mass is 35.6. The molecule has 39 heavy (non-hydrogen) atoms. The summed E-state index contributed by atoms with van der Waals surface area (Å²) in [7, 11) is -1.14. The van der Waals surface area contributed by atoms with Crippen molar-refractivity contribution in [1.82, 2.24) is 10.3 Å². The van der Waals surface area contributed by atoms with Crippen LogP contribution in [0.4, 0.5) is 0 Å². The van der Waals surface area contributed by atoms with E-state index in [1.807, 2.05) is 85.1 Å². The van der Waals surface area contributed by atoms with Gasteiger partial charge >= 0.3 is 5.97 Å². The molecule has 0 spiro atoms. The minimum Gasteiger partial charge on any atom is -0.480 e. The van der Waals surface area contributed by atoms with E-state index < -0.39 is 24.9 Å². The van der Waals surface area contributed by atoms with Crippen molar-refractivity contribution >= 4 is 35.3 Å². The van der Waals surface area contributed by atoms with Crippen molar-refractivity contribution in [2.24, 2.45) is 0 Å². The third kappa shape index (κ3) is 7.06. The highest BCUT2D eigenvalue weighted by Crippen LogP contribution is 2.37. The van der Waals surface area contributed by atoms with Crippen molar-refractivity contribution in [3.63, 3.8) is 0 Å². The Kier molecular flexibility index (Phi) is 9.07. The van der Waals surface area contributed by atoms with Gasteiger partial charge in [0.1, 0.15) is 13.4 Å². The molecule has 1 heterocycles. The van der Waals surface area contributed by atoms with Crippen LogP contribution in [0.1, 0.15) is 22.3 Å². The van der Waals surface area contributed by atoms with Gasteiger partial charge < -0.3 is 10.1 Å². The van der Waals surface area contributed by atoms with Crippen LogP contribution >= 0.6 is 11.1 Å². The molecule has 0 amide bonds. The number of benzene rings is 4. The third-order valence-electron chi connectivity index (χ3n) is 6.41. The van der Waals surface area contributed by atoms with Crippen molar-refractivity contribution in [3.8, 4) is 0 Å². The average molecular weight is 555 g/mol. The number of para-hydroxylation sites is 1. The predicted molar refractivity (Wildman–Crippen MR) is 165 cm³/mol. The first-order valence-corrected chi connectivity index (χ1v) is 17.6. The van der Waals surface area contributed by atoms with Crippen LogP contribution in [0.3, 0.4) is 0 Å². The number of aromatic amines is 1. The number of fused-ring (bicyclic) bond motifs is 1. The zero-order valence-corrected chi connectivity index (χ0v) is 24.3. The summed E-state index contributed by atoms with van der Waals surface area (Å²) in [6.45, 7) is 6.28. The van der Waals surface area contributed by atoms with E-state index in [1.54, 1.807) is 0 Å². The standard InChI is InChI=1S/C30H26N2O2.C3H9ClSi/c33-29(34)28(20-22-21-31-27-19-11-10-18-26(22)27)32-30(23-12-4-1-5-13-23,24-14-6-2-7-15-24)25-16-8-3-9-17-25;1-5(2,3)4/h1-19,21,28,31-32H,20H2,(H,33,34);1-3H3. The minimum atomic E-state index is -1.14. The summed E-state index contributed by atoms with van der Waals surface area (Å²) in [6.07, 6.45) is 2.26. The predicted octanol–water partition coefficient (Wildman–Crippen LogP) is 7.81. The maximum Gasteiger partial charge on any atom is 0.321 e. The van der Waals surface area contributed by atoms with Gasteiger partial charge in [-0.25, -0.2) is 0 Å². The van der Waals surface area contributed by atoms with Crippen LogP contribution in [-0.4, -0.2) is 29.5 Å². The van der Waals surface area contributed by atoms with E-state index in [1.165, 1.54) is 0 Å². The van der Waals surface area contributed by atoms with Gasteiger partial charge in [-0.2, -0.15) is 11.1 Å². The number of nitrogens with one attached hydrogen (secondary N) is 2. The fourth-order valence-corrected chi connectivity index (χ4v) is 4.80. The van der Waals surface area contributed by atoms with E-state index in [0.717, 1.165) is 33.2 Å². The second-order valence-electron chi connectivity index (χ2n) is 10.5. The highest BCUT2D eigenvalue weighted by Gasteiger charge is 2.40. The van der Waals surface area contributed by atoms with Crippen LogP contribution in [-0.2, 0) is 16.8 Å². The second-order valence-corrected chi connectivity index (χ2v) is 18.0. The van der Waals surface area contributed by atoms with Gasteiger partial charge in [0.2, 0.25) is 0 Å². The number of halogens is 1. The van der Waals surface area contributed by atoms with Crippen molar-refractivity contribution < 1.29 is 9.90 Å². The summed E-state index contributed by atoms with van der Waals surface area (Å²) in [4.78, 5) is 15.9. The quantitative estimate of drug-likeness (QED) is 0.104. The summed E-state index contributed by atoms with van der Waals surface area (Å²) < 4.78 is 0. The van der Waals surface area contributed by atoms with Crippen molar-refractivity contribution in [2.75, 3.05) is 0 Å². The number of carboxylic acids is 1. The fraction of sp³-hybridized carbons (Fsp3) is 0.182. The van der Waals surface area contributed by atoms with Gasteiger partial charge in [-0.05, 0) is 28.3 Å². The molecule has 5 rings (SSSR count). The van der Waals surface area contributed by atoms with Gasteiger partial charge in [-0.15, -0.1) is 0 Å². The zero-order valence-electron chi connectivity index (χ0n) is 22.6. The average Bonchev–Trinajstić information content (AvgIpc) is 3.34. The molecular weight excluding hydrogens is 520 g/mol. The molecule has 0 fully saturated rings. The Morgan fingerprint density at radius 1 is 0.795 bits per heavy atom. The molecule has 1 aromatic heterocycles. The molecule has 3 N–H and O–H groups in total. The lowest BCUT2D eigenvalue weighted by molar-refractivity contribution is -0.139. The maximum absolute atomic E-state index is 12.7. The van der Waals surface area contributed by atoms with Crippen LogP contribution in [0.2, 0.25) is 19.6 Å². The largest absolute Gasteiger partial charge is 0.480 e. The van der Waals surface area contributed by atoms with E-state index in [0.29, 0.717) is 6.42 Å². The Bertz CT molecular complexity index is 1380. The Morgan fingerprint density at radius 3 is 1.64 bits per heavy atom. The Hall–Kier alpha value is -3.64. The first-order chi connectivity index (χ1) is 18.7. The molecule has 1 atom stereocenters. The molecular formula is C33H35ClN2O2Si. The van der Waals surface area contributed by atoms with Gasteiger partial charge in [-0.3, -0.25) is 10.1 Å². The third-order valence-corrected chi connectivity index (χ3v) is 6.41. The molecule has 1 unspecified atom stereocenters. The zero-order chi connectivity index (χ0) is 27.9. The SMILES string of the molecule is C[Si](C)(C)Cl.O=C(O)C(Cc1c[nH]c2ccccc12)NC(c1ccccc1)(c1ccccc1)c1ccccc1. The van der Waals surface area contributed by atoms with Crippen molar-refractivity contribution in [3.05, 3.63) is 144 Å². The summed E-state index contributed by atoms with van der Waals surface area (Å²) in [6, 6.07) is 37.4. The molecule has 0 radical (unpaired) electrons. The van der Waals surface area contributed by atoms with Gasteiger partial charge in [0.25, 0.3) is 0 Å². The lowest BCUT2D eigenvalue weighted by Gasteiger charge is -2.39. The number of carboxylic acid groups (broad SMARTS) is 1. The number of aromatic nitrogens is 1. The number of aliphatic carboxylic acids is 1. The molecule has 4 nitrogen and oxygen atoms in total. The van der Waals surface area contributed by atoms with Gasteiger partial charge in [0.15, 0.2) is 0 Å². The maximum atomic E-state index is 12.7. The highest BCUT2D eigenvalue weighted by molar-refractivity contribution is 7.18. The van der Waals surface area contributed by atoms with Crippen molar-refractivity contribution in [2.45, 2.75) is 37.6 Å². The lowest BCUT2D eigenvalue weighted by atomic mass is 9.76. The monoisotopic (exact) mass is 554 g/mol. The molecule has 0 aliphatic heterocycles. The van der Waals surface area contributed by atoms with E-state index in [-0.39, 0.29) is 0 Å². The van der Waals surface area contributed by atoms with Crippen LogP contribution in [0.5, 0.6) is 0 Å². The summed E-state index contributed by atoms with van der Waals surface area (Å²) in [5, 5.41) is 15.0. The van der Waals surface area contributed by atoms with Gasteiger partial charge in [0.05, 0.1) is 5.54 Å². The van der Waals surface area contributed by atoms with E-state index in [2.05, 4.69) is 66.3 Å². The molecule has 0 saturated carbocycles. The van der Waals surface area contributed by atoms with E-state index >= 15 is 0 Å². The normalized spacial score (nSPS) is 12.4. The topological polar surface area (TPSA) is 65.1 Å². The number of hydrogen-bond acceptors (Lipinski definition) is 2. The van der Waals surface area contributed by atoms with Crippen LogP contribution in [0.15, 0.2) is 121 Å². The Balaban J connectivity index is 0.000000648. The van der Waals surface area contributed by atoms with E-state index in [4.69, 9.17) is 11.1 Å². The first kappa shape index (κ1) is 28.4. The smallest absolute Gasteiger partial charge is 0.321 e. The number of H-pyrrole nitrogens is 1. The van der Waals surface area contributed by atoms with Gasteiger partial charge in [-0.1, -0.05) is 129 Å². The summed E-state index contributed by atoms with van der Waals surface area (Å²) >= 11 is 5.67. The molecule has 0 bridgehead atoms. The minimum absolute atomic E-state index is 0.341. The first-order valence-electron chi connectivity index (χ1n) is 13.1. The molecule has 0 saturated heterocycles. The molecule has 4 aromatic carbocycles. The van der Waals surface area contributed by atoms with Crippen LogP contribution in [0.25, 0.3) is 10.9 Å². The molecule has 200 valence electrons. The van der Waals surface area contributed by atoms with Crippen molar-refractivity contribution in [1.29, 1.82) is 0 Å². The summed E-state index contributed by atoms with van der Waals surface area (Å²) in [5.74, 6) is -0.891. The second kappa shape index (κ2) is 12.5. The number of hydrogen-bond donors (Lipinski definition) is 3. The molecule has 0 aliphatic rings. The summed E-state index contributed by atoms with van der Waals surface area (Å²) in [5.41, 5.74) is 4.08.